The van der Waals surface area contributed by atoms with Crippen molar-refractivity contribution in [1.29, 1.82) is 5.26 Å². The quantitative estimate of drug-likeness (QED) is 0.758. The highest BCUT2D eigenvalue weighted by Gasteiger charge is 2.10. The summed E-state index contributed by atoms with van der Waals surface area (Å²) in [5, 5.41) is 9.19. The number of halogens is 1. The molecule has 1 rings (SSSR count). The molecule has 0 atom stereocenters. The van der Waals surface area contributed by atoms with Gasteiger partial charge in [0.2, 0.25) is 0 Å². The Morgan fingerprint density at radius 1 is 1.39 bits per heavy atom. The highest BCUT2D eigenvalue weighted by atomic mass is 35.5. The van der Waals surface area contributed by atoms with Gasteiger partial charge in [0.1, 0.15) is 0 Å². The molecule has 0 radical (unpaired) electrons. The van der Waals surface area contributed by atoms with Crippen molar-refractivity contribution in [1.82, 2.24) is 0 Å². The first-order valence-corrected chi connectivity index (χ1v) is 8.70. The number of nitriles is 1. The molecule has 0 bridgehead atoms. The SMILES string of the molecule is CCCS(=O)(=O)CCSc1ccc(C#N)cc1Cl. The normalized spacial score (nSPS) is 11.2. The van der Waals surface area contributed by atoms with E-state index in [2.05, 4.69) is 0 Å². The van der Waals surface area contributed by atoms with Crippen LogP contribution in [0.15, 0.2) is 23.1 Å². The average molecular weight is 304 g/mol. The molecule has 0 aromatic heterocycles. The summed E-state index contributed by atoms with van der Waals surface area (Å²) in [6, 6.07) is 7.01. The van der Waals surface area contributed by atoms with Crippen molar-refractivity contribution >= 4 is 33.2 Å². The highest BCUT2D eigenvalue weighted by Crippen LogP contribution is 2.28. The van der Waals surface area contributed by atoms with Crippen molar-refractivity contribution < 1.29 is 8.42 Å². The van der Waals surface area contributed by atoms with E-state index in [0.29, 0.717) is 22.8 Å². The molecule has 1 aromatic carbocycles. The molecule has 18 heavy (non-hydrogen) atoms. The molecule has 1 aromatic rings. The van der Waals surface area contributed by atoms with Crippen LogP contribution in [-0.2, 0) is 9.84 Å². The largest absolute Gasteiger partial charge is 0.229 e. The van der Waals surface area contributed by atoms with Crippen molar-refractivity contribution in [2.75, 3.05) is 17.3 Å². The average Bonchev–Trinajstić information content (AvgIpc) is 2.31. The number of thioether (sulfide) groups is 1. The van der Waals surface area contributed by atoms with E-state index >= 15 is 0 Å². The fraction of sp³-hybridized carbons (Fsp3) is 0.417. The monoisotopic (exact) mass is 303 g/mol. The summed E-state index contributed by atoms with van der Waals surface area (Å²) >= 11 is 7.40. The van der Waals surface area contributed by atoms with Crippen molar-refractivity contribution in [3.8, 4) is 6.07 Å². The van der Waals surface area contributed by atoms with Crippen LogP contribution in [0.4, 0.5) is 0 Å². The van der Waals surface area contributed by atoms with Gasteiger partial charge in [-0.15, -0.1) is 11.8 Å². The molecule has 0 heterocycles. The van der Waals surface area contributed by atoms with Crippen LogP contribution in [0.1, 0.15) is 18.9 Å². The minimum atomic E-state index is -2.94. The Hall–Kier alpha value is -0.700. The third-order valence-corrected chi connectivity index (χ3v) is 5.84. The molecule has 0 amide bonds. The molecule has 98 valence electrons. The van der Waals surface area contributed by atoms with E-state index in [4.69, 9.17) is 16.9 Å². The van der Waals surface area contributed by atoms with Crippen LogP contribution in [-0.4, -0.2) is 25.7 Å². The highest BCUT2D eigenvalue weighted by molar-refractivity contribution is 8.00. The molecular weight excluding hydrogens is 290 g/mol. The first-order valence-electron chi connectivity index (χ1n) is 5.51. The number of rotatable bonds is 6. The predicted molar refractivity (Wildman–Crippen MR) is 75.8 cm³/mol. The fourth-order valence-electron chi connectivity index (χ4n) is 1.38. The summed E-state index contributed by atoms with van der Waals surface area (Å²) in [4.78, 5) is 0.808. The van der Waals surface area contributed by atoms with Gasteiger partial charge < -0.3 is 0 Å². The van der Waals surface area contributed by atoms with E-state index in [1.165, 1.54) is 11.8 Å². The smallest absolute Gasteiger partial charge is 0.151 e. The van der Waals surface area contributed by atoms with Crippen LogP contribution in [0.2, 0.25) is 5.02 Å². The molecule has 0 aliphatic heterocycles. The van der Waals surface area contributed by atoms with Crippen LogP contribution < -0.4 is 0 Å². The lowest BCUT2D eigenvalue weighted by Gasteiger charge is -2.05. The Kier molecular flexibility index (Phi) is 6.00. The number of benzene rings is 1. The van der Waals surface area contributed by atoms with Gasteiger partial charge in [-0.05, 0) is 24.6 Å². The van der Waals surface area contributed by atoms with Crippen LogP contribution in [0.3, 0.4) is 0 Å². The van der Waals surface area contributed by atoms with Crippen molar-refractivity contribution in [3.63, 3.8) is 0 Å². The second-order valence-electron chi connectivity index (χ2n) is 3.76. The third-order valence-electron chi connectivity index (χ3n) is 2.23. The van der Waals surface area contributed by atoms with Crippen molar-refractivity contribution in [2.24, 2.45) is 0 Å². The molecule has 0 unspecified atom stereocenters. The van der Waals surface area contributed by atoms with E-state index in [1.54, 1.807) is 18.2 Å². The Bertz CT molecular complexity index is 550. The molecule has 0 spiro atoms. The molecule has 3 nitrogen and oxygen atoms in total. The van der Waals surface area contributed by atoms with E-state index in [1.807, 2.05) is 13.0 Å². The first kappa shape index (κ1) is 15.4. The zero-order chi connectivity index (χ0) is 13.6. The maximum Gasteiger partial charge on any atom is 0.151 e. The lowest BCUT2D eigenvalue weighted by atomic mass is 10.2. The Balaban J connectivity index is 2.58. The van der Waals surface area contributed by atoms with Gasteiger partial charge in [-0.2, -0.15) is 5.26 Å². The number of hydrogen-bond acceptors (Lipinski definition) is 4. The summed E-state index contributed by atoms with van der Waals surface area (Å²) < 4.78 is 23.0. The minimum absolute atomic E-state index is 0.155. The van der Waals surface area contributed by atoms with E-state index in [0.717, 1.165) is 4.90 Å². The molecule has 6 heteroatoms. The number of nitrogens with zero attached hydrogens (tertiary/aromatic N) is 1. The van der Waals surface area contributed by atoms with Gasteiger partial charge in [0.25, 0.3) is 0 Å². The predicted octanol–water partition coefficient (Wildman–Crippen LogP) is 3.13. The standard InChI is InChI=1S/C12H14ClNO2S2/c1-2-6-18(15,16)7-5-17-12-4-3-10(9-14)8-11(12)13/h3-4,8H,2,5-7H2,1H3. The third kappa shape index (κ3) is 4.89. The maximum atomic E-state index is 11.5. The summed E-state index contributed by atoms with van der Waals surface area (Å²) in [5.41, 5.74) is 0.503. The second-order valence-corrected chi connectivity index (χ2v) is 7.60. The second kappa shape index (κ2) is 7.03. The van der Waals surface area contributed by atoms with Crippen molar-refractivity contribution in [3.05, 3.63) is 28.8 Å². The van der Waals surface area contributed by atoms with Crippen LogP contribution in [0.5, 0.6) is 0 Å². The molecule has 0 saturated carbocycles. The van der Waals surface area contributed by atoms with Crippen LogP contribution in [0.25, 0.3) is 0 Å². The van der Waals surface area contributed by atoms with E-state index < -0.39 is 9.84 Å². The molecule has 0 aliphatic carbocycles. The summed E-state index contributed by atoms with van der Waals surface area (Å²) in [6.07, 6.45) is 0.643. The van der Waals surface area contributed by atoms with Gasteiger partial charge in [0.15, 0.2) is 9.84 Å². The molecule has 0 N–H and O–H groups in total. The Labute approximate surface area is 117 Å². The number of hydrogen-bond donors (Lipinski definition) is 0. The van der Waals surface area contributed by atoms with Crippen LogP contribution in [0, 0.1) is 11.3 Å². The zero-order valence-electron chi connectivity index (χ0n) is 10.0. The van der Waals surface area contributed by atoms with Crippen LogP contribution >= 0.6 is 23.4 Å². The lowest BCUT2D eigenvalue weighted by molar-refractivity contribution is 0.596. The molecule has 0 fully saturated rings. The molecule has 0 saturated heterocycles. The van der Waals surface area contributed by atoms with Gasteiger partial charge in [-0.1, -0.05) is 18.5 Å². The van der Waals surface area contributed by atoms with E-state index in [-0.39, 0.29) is 11.5 Å². The summed E-state index contributed by atoms with van der Waals surface area (Å²) in [6.45, 7) is 1.85. The lowest BCUT2D eigenvalue weighted by Crippen LogP contribution is -2.12. The molecule has 0 aliphatic rings. The number of sulfone groups is 1. The molecular formula is C12H14ClNO2S2. The summed E-state index contributed by atoms with van der Waals surface area (Å²) in [7, 11) is -2.94. The zero-order valence-corrected chi connectivity index (χ0v) is 12.4. The van der Waals surface area contributed by atoms with Gasteiger partial charge >= 0.3 is 0 Å². The maximum absolute atomic E-state index is 11.5. The van der Waals surface area contributed by atoms with Gasteiger partial charge in [0, 0.05) is 16.4 Å². The van der Waals surface area contributed by atoms with Gasteiger partial charge in [0.05, 0.1) is 22.4 Å². The van der Waals surface area contributed by atoms with E-state index in [9.17, 15) is 8.42 Å². The summed E-state index contributed by atoms with van der Waals surface area (Å²) in [5.74, 6) is 0.866. The van der Waals surface area contributed by atoms with Gasteiger partial charge in [-0.3, -0.25) is 0 Å². The fourth-order valence-corrected chi connectivity index (χ4v) is 4.48. The topological polar surface area (TPSA) is 57.9 Å². The Morgan fingerprint density at radius 2 is 2.11 bits per heavy atom. The minimum Gasteiger partial charge on any atom is -0.229 e. The van der Waals surface area contributed by atoms with Gasteiger partial charge in [-0.25, -0.2) is 8.42 Å². The van der Waals surface area contributed by atoms with Crippen molar-refractivity contribution in [2.45, 2.75) is 18.2 Å². The first-order chi connectivity index (χ1) is 8.48. The Morgan fingerprint density at radius 3 is 2.67 bits per heavy atom.